The van der Waals surface area contributed by atoms with Crippen LogP contribution in [0.3, 0.4) is 0 Å². The SMILES string of the molecule is C=C=CC(CCOC)C(=O)O. The summed E-state index contributed by atoms with van der Waals surface area (Å²) in [5.74, 6) is -1.38. The summed E-state index contributed by atoms with van der Waals surface area (Å²) in [6.07, 6.45) is 1.90. The maximum Gasteiger partial charge on any atom is 0.311 e. The lowest BCUT2D eigenvalue weighted by molar-refractivity contribution is -0.140. The van der Waals surface area contributed by atoms with Gasteiger partial charge in [-0.2, -0.15) is 0 Å². The quantitative estimate of drug-likeness (QED) is 0.605. The lowest BCUT2D eigenvalue weighted by Gasteiger charge is -2.03. The molecule has 1 unspecified atom stereocenters. The summed E-state index contributed by atoms with van der Waals surface area (Å²) in [4.78, 5) is 10.4. The predicted octanol–water partition coefficient (Wildman–Crippen LogP) is 1.06. The van der Waals surface area contributed by atoms with E-state index in [9.17, 15) is 4.79 Å². The highest BCUT2D eigenvalue weighted by molar-refractivity contribution is 5.71. The van der Waals surface area contributed by atoms with Gasteiger partial charge in [-0.05, 0) is 12.5 Å². The maximum absolute atomic E-state index is 10.4. The molecule has 0 aromatic carbocycles. The second-order valence-corrected chi connectivity index (χ2v) is 2.10. The number of carboxylic acids is 1. The maximum atomic E-state index is 10.4. The summed E-state index contributed by atoms with van der Waals surface area (Å²) in [5.41, 5.74) is 2.45. The van der Waals surface area contributed by atoms with E-state index in [-0.39, 0.29) is 0 Å². The van der Waals surface area contributed by atoms with Crippen LogP contribution in [0.2, 0.25) is 0 Å². The van der Waals surface area contributed by atoms with Crippen molar-refractivity contribution in [1.82, 2.24) is 0 Å². The van der Waals surface area contributed by atoms with Crippen molar-refractivity contribution in [3.8, 4) is 0 Å². The fourth-order valence-electron chi connectivity index (χ4n) is 0.665. The molecular weight excluding hydrogens is 144 g/mol. The number of carbonyl (C=O) groups is 1. The molecule has 0 saturated heterocycles. The van der Waals surface area contributed by atoms with Gasteiger partial charge in [0.2, 0.25) is 0 Å². The standard InChI is InChI=1S/C8H12O3/c1-3-4-7(8(9)10)5-6-11-2/h4,7H,1,5-6H2,2H3,(H,9,10). The Bertz CT molecular complexity index is 166. The number of ether oxygens (including phenoxy) is 1. The molecule has 3 heteroatoms. The second-order valence-electron chi connectivity index (χ2n) is 2.10. The van der Waals surface area contributed by atoms with Gasteiger partial charge in [-0.1, -0.05) is 6.58 Å². The lowest BCUT2D eigenvalue weighted by Crippen LogP contribution is -2.12. The van der Waals surface area contributed by atoms with E-state index in [0.717, 1.165) is 0 Å². The van der Waals surface area contributed by atoms with Crippen LogP contribution in [-0.4, -0.2) is 24.8 Å². The Morgan fingerprint density at radius 3 is 2.91 bits per heavy atom. The average Bonchev–Trinajstić information content (AvgIpc) is 1.97. The minimum Gasteiger partial charge on any atom is -0.481 e. The van der Waals surface area contributed by atoms with E-state index in [0.29, 0.717) is 13.0 Å². The first kappa shape index (κ1) is 9.95. The van der Waals surface area contributed by atoms with Gasteiger partial charge in [-0.15, -0.1) is 5.73 Å². The van der Waals surface area contributed by atoms with E-state index in [1.165, 1.54) is 13.2 Å². The molecule has 0 aromatic heterocycles. The van der Waals surface area contributed by atoms with Crippen molar-refractivity contribution >= 4 is 5.97 Å². The van der Waals surface area contributed by atoms with Gasteiger partial charge in [0, 0.05) is 13.7 Å². The Balaban J connectivity index is 3.89. The van der Waals surface area contributed by atoms with Crippen LogP contribution in [-0.2, 0) is 9.53 Å². The van der Waals surface area contributed by atoms with Gasteiger partial charge in [-0.25, -0.2) is 0 Å². The number of methoxy groups -OCH3 is 1. The van der Waals surface area contributed by atoms with Crippen LogP contribution in [0.25, 0.3) is 0 Å². The van der Waals surface area contributed by atoms with Crippen molar-refractivity contribution in [1.29, 1.82) is 0 Å². The summed E-state index contributed by atoms with van der Waals surface area (Å²) in [6.45, 7) is 3.75. The highest BCUT2D eigenvalue weighted by Crippen LogP contribution is 2.04. The number of aliphatic carboxylic acids is 1. The third-order valence-corrected chi connectivity index (χ3v) is 1.27. The van der Waals surface area contributed by atoms with Gasteiger partial charge in [0.05, 0.1) is 5.92 Å². The van der Waals surface area contributed by atoms with Crippen LogP contribution in [0, 0.1) is 5.92 Å². The first-order valence-electron chi connectivity index (χ1n) is 3.30. The van der Waals surface area contributed by atoms with Gasteiger partial charge in [0.25, 0.3) is 0 Å². The topological polar surface area (TPSA) is 46.5 Å². The Kier molecular flexibility index (Phi) is 5.17. The van der Waals surface area contributed by atoms with Crippen LogP contribution in [0.5, 0.6) is 0 Å². The van der Waals surface area contributed by atoms with Crippen LogP contribution in [0.4, 0.5) is 0 Å². The van der Waals surface area contributed by atoms with Gasteiger partial charge in [0.1, 0.15) is 0 Å². The van der Waals surface area contributed by atoms with Crippen molar-refractivity contribution in [3.05, 3.63) is 18.4 Å². The molecule has 0 heterocycles. The third kappa shape index (κ3) is 4.37. The largest absolute Gasteiger partial charge is 0.481 e. The lowest BCUT2D eigenvalue weighted by atomic mass is 10.1. The van der Waals surface area contributed by atoms with E-state index in [1.54, 1.807) is 0 Å². The minimum absolute atomic E-state index is 0.440. The predicted molar refractivity (Wildman–Crippen MR) is 41.3 cm³/mol. The van der Waals surface area contributed by atoms with E-state index >= 15 is 0 Å². The van der Waals surface area contributed by atoms with E-state index in [2.05, 4.69) is 12.3 Å². The summed E-state index contributed by atoms with van der Waals surface area (Å²) in [5, 5.41) is 8.58. The molecule has 0 aliphatic carbocycles. The smallest absolute Gasteiger partial charge is 0.311 e. The molecule has 11 heavy (non-hydrogen) atoms. The summed E-state index contributed by atoms with van der Waals surface area (Å²) < 4.78 is 4.74. The summed E-state index contributed by atoms with van der Waals surface area (Å²) in [6, 6.07) is 0. The second kappa shape index (κ2) is 5.71. The zero-order valence-corrected chi connectivity index (χ0v) is 6.54. The fourth-order valence-corrected chi connectivity index (χ4v) is 0.665. The number of rotatable bonds is 5. The van der Waals surface area contributed by atoms with Crippen LogP contribution in [0.1, 0.15) is 6.42 Å². The molecule has 0 bridgehead atoms. The molecule has 0 amide bonds. The van der Waals surface area contributed by atoms with Crippen molar-refractivity contribution in [2.75, 3.05) is 13.7 Å². The molecule has 0 spiro atoms. The van der Waals surface area contributed by atoms with Crippen molar-refractivity contribution in [2.24, 2.45) is 5.92 Å². The van der Waals surface area contributed by atoms with E-state index in [4.69, 9.17) is 9.84 Å². The summed E-state index contributed by atoms with van der Waals surface area (Å²) in [7, 11) is 1.54. The number of hydrogen-bond donors (Lipinski definition) is 1. The molecule has 1 N–H and O–H groups in total. The van der Waals surface area contributed by atoms with Gasteiger partial charge < -0.3 is 9.84 Å². The Morgan fingerprint density at radius 2 is 2.55 bits per heavy atom. The zero-order chi connectivity index (χ0) is 8.69. The normalized spacial score (nSPS) is 11.7. The van der Waals surface area contributed by atoms with Crippen LogP contribution < -0.4 is 0 Å². The van der Waals surface area contributed by atoms with E-state index < -0.39 is 11.9 Å². The molecule has 3 nitrogen and oxygen atoms in total. The molecular formula is C8H12O3. The minimum atomic E-state index is -0.863. The molecule has 0 rings (SSSR count). The van der Waals surface area contributed by atoms with Crippen molar-refractivity contribution < 1.29 is 14.6 Å². The van der Waals surface area contributed by atoms with Gasteiger partial charge >= 0.3 is 5.97 Å². The van der Waals surface area contributed by atoms with Gasteiger partial charge in [-0.3, -0.25) is 4.79 Å². The summed E-state index contributed by atoms with van der Waals surface area (Å²) >= 11 is 0. The first-order valence-corrected chi connectivity index (χ1v) is 3.30. The molecule has 0 aromatic rings. The molecule has 62 valence electrons. The molecule has 0 radical (unpaired) electrons. The third-order valence-electron chi connectivity index (χ3n) is 1.27. The highest BCUT2D eigenvalue weighted by atomic mass is 16.5. The molecule has 0 saturated carbocycles. The highest BCUT2D eigenvalue weighted by Gasteiger charge is 2.12. The first-order chi connectivity index (χ1) is 5.22. The molecule has 0 fully saturated rings. The van der Waals surface area contributed by atoms with Crippen molar-refractivity contribution in [3.63, 3.8) is 0 Å². The zero-order valence-electron chi connectivity index (χ0n) is 6.54. The average molecular weight is 156 g/mol. The Hall–Kier alpha value is -1.05. The fraction of sp³-hybridized carbons (Fsp3) is 0.500. The Morgan fingerprint density at radius 1 is 1.91 bits per heavy atom. The number of hydrogen-bond acceptors (Lipinski definition) is 2. The Labute approximate surface area is 66.0 Å². The van der Waals surface area contributed by atoms with Crippen LogP contribution in [0.15, 0.2) is 18.4 Å². The number of carboxylic acid groups (broad SMARTS) is 1. The monoisotopic (exact) mass is 156 g/mol. The van der Waals surface area contributed by atoms with E-state index in [1.807, 2.05) is 0 Å². The van der Waals surface area contributed by atoms with Crippen LogP contribution >= 0.6 is 0 Å². The molecule has 0 aliphatic rings. The van der Waals surface area contributed by atoms with Crippen molar-refractivity contribution in [2.45, 2.75) is 6.42 Å². The molecule has 1 atom stereocenters. The van der Waals surface area contributed by atoms with Gasteiger partial charge in [0.15, 0.2) is 0 Å². The molecule has 0 aliphatic heterocycles.